The molecule has 0 aliphatic carbocycles. The van der Waals surface area contributed by atoms with E-state index >= 15 is 0 Å². The number of sulfonamides is 1. The number of aryl methyl sites for hydroxylation is 3. The predicted molar refractivity (Wildman–Crippen MR) is 166 cm³/mol. The highest BCUT2D eigenvalue weighted by atomic mass is 35.5. The summed E-state index contributed by atoms with van der Waals surface area (Å²) < 4.78 is 29.3. The number of fused-ring (bicyclic) bond motifs is 1. The molecule has 0 unspecified atom stereocenters. The van der Waals surface area contributed by atoms with Gasteiger partial charge in [-0.15, -0.1) is 0 Å². The maximum absolute atomic E-state index is 14.1. The molecule has 1 saturated heterocycles. The first kappa shape index (κ1) is 29.8. The van der Waals surface area contributed by atoms with Crippen molar-refractivity contribution in [2.75, 3.05) is 34.2 Å². The van der Waals surface area contributed by atoms with Crippen LogP contribution in [0.1, 0.15) is 42.4 Å². The minimum Gasteiger partial charge on any atom is -0.357 e. The number of piperidine rings is 1. The van der Waals surface area contributed by atoms with Crippen molar-refractivity contribution in [1.29, 1.82) is 0 Å². The lowest BCUT2D eigenvalue weighted by Gasteiger charge is -2.37. The Bertz CT molecular complexity index is 1600. The van der Waals surface area contributed by atoms with Gasteiger partial charge in [-0.05, 0) is 99.0 Å². The van der Waals surface area contributed by atoms with Gasteiger partial charge in [-0.3, -0.25) is 13.9 Å². The molecule has 2 aliphatic rings. The van der Waals surface area contributed by atoms with Crippen LogP contribution in [0, 0.1) is 26.7 Å². The zero-order valence-electron chi connectivity index (χ0n) is 24.1. The molecule has 0 radical (unpaired) electrons. The van der Waals surface area contributed by atoms with Gasteiger partial charge in [0, 0.05) is 30.9 Å². The van der Waals surface area contributed by atoms with Crippen molar-refractivity contribution in [3.05, 3.63) is 76.4 Å². The predicted octanol–water partition coefficient (Wildman–Crippen LogP) is 4.99. The number of para-hydroxylation sites is 2. The van der Waals surface area contributed by atoms with Gasteiger partial charge in [0.25, 0.3) is 10.0 Å². The van der Waals surface area contributed by atoms with Crippen LogP contribution in [0.5, 0.6) is 0 Å². The molecule has 0 saturated carbocycles. The molecule has 1 fully saturated rings. The molecular formula is C31H36ClN5O4S. The number of halogens is 1. The topological polar surface area (TPSA) is 112 Å². The Hall–Kier alpha value is -3.63. The first-order valence-electron chi connectivity index (χ1n) is 14.2. The molecule has 11 heteroatoms. The number of carbonyl (C=O) groups excluding carboxylic acids is 2. The van der Waals surface area contributed by atoms with E-state index < -0.39 is 22.0 Å². The quantitative estimate of drug-likeness (QED) is 0.372. The molecule has 3 aromatic rings. The number of aromatic nitrogens is 1. The molecule has 0 spiro atoms. The molecule has 1 aromatic heterocycles. The van der Waals surface area contributed by atoms with E-state index in [4.69, 9.17) is 11.6 Å². The van der Waals surface area contributed by atoms with E-state index in [1.54, 1.807) is 44.2 Å². The molecule has 42 heavy (non-hydrogen) atoms. The maximum atomic E-state index is 14.1. The Labute approximate surface area is 252 Å². The summed E-state index contributed by atoms with van der Waals surface area (Å²) in [7, 11) is -4.22. The SMILES string of the molecule is Cc1ccnc(N2CCC(CCNC(=O)C[C@@H]3C(=O)Nc4ccccc4N3S(=O)(=O)c3cc(C)c(Cl)cc3C)CC2)c1. The van der Waals surface area contributed by atoms with Crippen LogP contribution in [-0.4, -0.2) is 50.9 Å². The van der Waals surface area contributed by atoms with E-state index in [1.807, 2.05) is 12.3 Å². The molecule has 3 heterocycles. The zero-order valence-corrected chi connectivity index (χ0v) is 25.6. The van der Waals surface area contributed by atoms with E-state index in [1.165, 1.54) is 11.6 Å². The van der Waals surface area contributed by atoms with E-state index in [0.29, 0.717) is 40.0 Å². The molecule has 1 atom stereocenters. The minimum atomic E-state index is -4.22. The summed E-state index contributed by atoms with van der Waals surface area (Å²) in [4.78, 5) is 33.2. The number of nitrogens with zero attached hydrogens (tertiary/aromatic N) is 3. The van der Waals surface area contributed by atoms with E-state index in [9.17, 15) is 18.0 Å². The Morgan fingerprint density at radius 3 is 2.55 bits per heavy atom. The summed E-state index contributed by atoms with van der Waals surface area (Å²) in [5.74, 6) is 0.537. The fraction of sp³-hybridized carbons (Fsp3) is 0.387. The number of amides is 2. The van der Waals surface area contributed by atoms with Crippen LogP contribution in [0.3, 0.4) is 0 Å². The van der Waals surface area contributed by atoms with Crippen molar-refractivity contribution in [2.45, 2.75) is 57.4 Å². The highest BCUT2D eigenvalue weighted by Crippen LogP contribution is 2.38. The monoisotopic (exact) mass is 609 g/mol. The smallest absolute Gasteiger partial charge is 0.265 e. The fourth-order valence-corrected chi connectivity index (χ4v) is 7.83. The third-order valence-electron chi connectivity index (χ3n) is 8.07. The van der Waals surface area contributed by atoms with Crippen LogP contribution in [-0.2, 0) is 19.6 Å². The van der Waals surface area contributed by atoms with Crippen molar-refractivity contribution in [1.82, 2.24) is 10.3 Å². The van der Waals surface area contributed by atoms with Crippen molar-refractivity contribution in [2.24, 2.45) is 5.92 Å². The van der Waals surface area contributed by atoms with Gasteiger partial charge in [-0.2, -0.15) is 0 Å². The van der Waals surface area contributed by atoms with Crippen molar-refractivity contribution < 1.29 is 18.0 Å². The van der Waals surface area contributed by atoms with Gasteiger partial charge >= 0.3 is 0 Å². The van der Waals surface area contributed by atoms with Crippen molar-refractivity contribution in [3.63, 3.8) is 0 Å². The largest absolute Gasteiger partial charge is 0.357 e. The van der Waals surface area contributed by atoms with Gasteiger partial charge in [0.05, 0.1) is 22.7 Å². The van der Waals surface area contributed by atoms with Crippen LogP contribution in [0.15, 0.2) is 59.6 Å². The van der Waals surface area contributed by atoms with E-state index in [0.717, 1.165) is 42.5 Å². The molecular weight excluding hydrogens is 574 g/mol. The highest BCUT2D eigenvalue weighted by molar-refractivity contribution is 7.93. The fourth-order valence-electron chi connectivity index (χ4n) is 5.68. The summed E-state index contributed by atoms with van der Waals surface area (Å²) in [5.41, 5.74) is 2.94. The first-order chi connectivity index (χ1) is 20.0. The molecule has 2 amide bonds. The van der Waals surface area contributed by atoms with E-state index in [-0.39, 0.29) is 17.2 Å². The summed E-state index contributed by atoms with van der Waals surface area (Å²) in [6.07, 6.45) is 4.34. The molecule has 2 N–H and O–H groups in total. The summed E-state index contributed by atoms with van der Waals surface area (Å²) in [6.45, 7) is 7.73. The molecule has 2 aromatic carbocycles. The zero-order chi connectivity index (χ0) is 30.0. The number of hydrogen-bond acceptors (Lipinski definition) is 6. The van der Waals surface area contributed by atoms with Gasteiger partial charge < -0.3 is 15.5 Å². The lowest BCUT2D eigenvalue weighted by atomic mass is 9.93. The van der Waals surface area contributed by atoms with Gasteiger partial charge in [0.2, 0.25) is 11.8 Å². The number of rotatable bonds is 8. The van der Waals surface area contributed by atoms with Crippen LogP contribution in [0.2, 0.25) is 5.02 Å². The van der Waals surface area contributed by atoms with Gasteiger partial charge in [-0.25, -0.2) is 13.4 Å². The van der Waals surface area contributed by atoms with Crippen LogP contribution < -0.4 is 19.8 Å². The number of pyridine rings is 1. The second-order valence-electron chi connectivity index (χ2n) is 11.2. The normalized spacial score (nSPS) is 17.5. The molecule has 5 rings (SSSR count). The Balaban J connectivity index is 1.26. The lowest BCUT2D eigenvalue weighted by Crippen LogP contribution is -2.53. The third kappa shape index (κ3) is 6.24. The number of benzene rings is 2. The Kier molecular flexibility index (Phi) is 8.75. The average molecular weight is 610 g/mol. The summed E-state index contributed by atoms with van der Waals surface area (Å²) >= 11 is 6.24. The van der Waals surface area contributed by atoms with Crippen molar-refractivity contribution in [3.8, 4) is 0 Å². The number of anilines is 3. The van der Waals surface area contributed by atoms with Gasteiger partial charge in [0.15, 0.2) is 0 Å². The Morgan fingerprint density at radius 1 is 1.07 bits per heavy atom. The Morgan fingerprint density at radius 2 is 1.81 bits per heavy atom. The average Bonchev–Trinajstić information content (AvgIpc) is 2.95. The minimum absolute atomic E-state index is 0.0477. The molecule has 0 bridgehead atoms. The standard InChI is InChI=1S/C31H36ClN5O4S/c1-20-8-12-33-29(16-20)36-14-10-23(11-15-36)9-13-34-30(38)19-27-31(39)35-25-6-4-5-7-26(25)37(27)42(40,41)28-18-21(2)24(32)17-22(28)3/h4-8,12,16-18,23,27H,9-11,13-15,19H2,1-3H3,(H,34,38)(H,35,39)/t27-/m1/s1. The lowest BCUT2D eigenvalue weighted by molar-refractivity contribution is -0.125. The summed E-state index contributed by atoms with van der Waals surface area (Å²) in [6, 6.07) is 12.7. The maximum Gasteiger partial charge on any atom is 0.265 e. The van der Waals surface area contributed by atoms with E-state index in [2.05, 4.69) is 33.5 Å². The number of carbonyl (C=O) groups is 2. The van der Waals surface area contributed by atoms with Crippen LogP contribution in [0.25, 0.3) is 0 Å². The summed E-state index contributed by atoms with van der Waals surface area (Å²) in [5, 5.41) is 6.16. The molecule has 9 nitrogen and oxygen atoms in total. The van der Waals surface area contributed by atoms with Gasteiger partial charge in [0.1, 0.15) is 11.9 Å². The molecule has 2 aliphatic heterocycles. The van der Waals surface area contributed by atoms with Crippen LogP contribution in [0.4, 0.5) is 17.2 Å². The number of nitrogens with one attached hydrogen (secondary N) is 2. The van der Waals surface area contributed by atoms with Crippen molar-refractivity contribution >= 4 is 50.6 Å². The third-order valence-corrected chi connectivity index (χ3v) is 10.4. The first-order valence-corrected chi connectivity index (χ1v) is 16.0. The molecule has 222 valence electrons. The van der Waals surface area contributed by atoms with Crippen LogP contribution >= 0.6 is 11.6 Å². The number of hydrogen-bond donors (Lipinski definition) is 2. The highest BCUT2D eigenvalue weighted by Gasteiger charge is 2.42. The second-order valence-corrected chi connectivity index (χ2v) is 13.3. The second kappa shape index (κ2) is 12.3. The van der Waals surface area contributed by atoms with Gasteiger partial charge in [-0.1, -0.05) is 23.7 Å².